The second-order valence-corrected chi connectivity index (χ2v) is 6.75. The van der Waals surface area contributed by atoms with E-state index in [0.717, 1.165) is 30.6 Å². The Labute approximate surface area is 135 Å². The maximum absolute atomic E-state index is 13.6. The molecule has 5 rings (SSSR count). The zero-order chi connectivity index (χ0) is 16.0. The average Bonchev–Trinajstić information content (AvgIpc) is 2.60. The Hall–Kier alpha value is -1.78. The number of aromatic nitrogens is 1. The lowest BCUT2D eigenvalue weighted by molar-refractivity contribution is -0.0444. The molecule has 0 saturated carbocycles. The van der Waals surface area contributed by atoms with E-state index in [9.17, 15) is 9.50 Å². The molecular formula is C19H21FN2O. The number of aliphatic hydroxyl groups is 1. The Balaban J connectivity index is 1.69. The summed E-state index contributed by atoms with van der Waals surface area (Å²) in [4.78, 5) is 6.64. The fraction of sp³-hybridized carbons (Fsp3) is 0.421. The van der Waals surface area contributed by atoms with Crippen LogP contribution in [0.4, 0.5) is 4.39 Å². The van der Waals surface area contributed by atoms with Crippen molar-refractivity contribution >= 4 is 10.9 Å². The van der Waals surface area contributed by atoms with Gasteiger partial charge >= 0.3 is 0 Å². The second kappa shape index (κ2) is 5.69. The molecule has 3 saturated heterocycles. The van der Waals surface area contributed by atoms with Gasteiger partial charge in [-0.3, -0.25) is 9.88 Å². The van der Waals surface area contributed by atoms with Crippen molar-refractivity contribution in [3.05, 3.63) is 54.5 Å². The maximum Gasteiger partial charge on any atom is 0.123 e. The Morgan fingerprint density at radius 3 is 3.00 bits per heavy atom. The molecule has 5 atom stereocenters. The number of hydrogen-bond donors (Lipinski definition) is 1. The molecule has 120 valence electrons. The lowest BCUT2D eigenvalue weighted by atomic mass is 9.73. The molecule has 0 amide bonds. The number of fused-ring (bicyclic) bond motifs is 4. The predicted octanol–water partition coefficient (Wildman–Crippen LogP) is 3.30. The molecule has 23 heavy (non-hydrogen) atoms. The van der Waals surface area contributed by atoms with E-state index in [1.165, 1.54) is 18.6 Å². The highest BCUT2D eigenvalue weighted by molar-refractivity contribution is 5.82. The first-order valence-electron chi connectivity index (χ1n) is 8.26. The van der Waals surface area contributed by atoms with Gasteiger partial charge in [0.25, 0.3) is 0 Å². The molecule has 1 N–H and O–H groups in total. The van der Waals surface area contributed by atoms with Crippen LogP contribution in [0.5, 0.6) is 0 Å². The number of halogens is 1. The number of aliphatic hydroxyl groups excluding tert-OH is 1. The second-order valence-electron chi connectivity index (χ2n) is 6.75. The van der Waals surface area contributed by atoms with Gasteiger partial charge in [-0.2, -0.15) is 0 Å². The summed E-state index contributed by atoms with van der Waals surface area (Å²) in [7, 11) is 0. The van der Waals surface area contributed by atoms with Gasteiger partial charge in [0.05, 0.1) is 11.6 Å². The Morgan fingerprint density at radius 1 is 1.39 bits per heavy atom. The van der Waals surface area contributed by atoms with Gasteiger partial charge in [-0.1, -0.05) is 6.08 Å². The topological polar surface area (TPSA) is 36.4 Å². The van der Waals surface area contributed by atoms with Gasteiger partial charge in [0.2, 0.25) is 0 Å². The minimum Gasteiger partial charge on any atom is -0.387 e. The minimum absolute atomic E-state index is 0.0961. The van der Waals surface area contributed by atoms with Gasteiger partial charge in [0.15, 0.2) is 0 Å². The van der Waals surface area contributed by atoms with Crippen LogP contribution in [0.2, 0.25) is 0 Å². The first-order chi connectivity index (χ1) is 11.2. The van der Waals surface area contributed by atoms with Crippen LogP contribution in [0.25, 0.3) is 10.9 Å². The van der Waals surface area contributed by atoms with Crippen molar-refractivity contribution in [3.8, 4) is 0 Å². The molecule has 1 aromatic heterocycles. The van der Waals surface area contributed by atoms with Crippen molar-refractivity contribution in [2.75, 3.05) is 13.1 Å². The molecule has 3 nitrogen and oxygen atoms in total. The number of pyridine rings is 1. The number of piperidine rings is 3. The summed E-state index contributed by atoms with van der Waals surface area (Å²) in [5, 5.41) is 11.7. The number of nitrogens with zero attached hydrogens (tertiary/aromatic N) is 2. The van der Waals surface area contributed by atoms with E-state index in [1.807, 2.05) is 6.07 Å². The maximum atomic E-state index is 13.6. The lowest BCUT2D eigenvalue weighted by Gasteiger charge is -2.50. The Morgan fingerprint density at radius 2 is 2.26 bits per heavy atom. The van der Waals surface area contributed by atoms with Crippen molar-refractivity contribution in [2.45, 2.75) is 25.0 Å². The van der Waals surface area contributed by atoms with Crippen molar-refractivity contribution in [1.82, 2.24) is 9.88 Å². The monoisotopic (exact) mass is 312 g/mol. The molecule has 3 aliphatic heterocycles. The summed E-state index contributed by atoms with van der Waals surface area (Å²) < 4.78 is 13.6. The molecule has 0 aliphatic carbocycles. The molecule has 4 heterocycles. The number of rotatable bonds is 3. The van der Waals surface area contributed by atoms with Gasteiger partial charge < -0.3 is 5.11 Å². The summed E-state index contributed by atoms with van der Waals surface area (Å²) in [5.41, 5.74) is 1.50. The zero-order valence-electron chi connectivity index (χ0n) is 13.0. The quantitative estimate of drug-likeness (QED) is 0.884. The standard InChI is InChI=1S/C19H21FN2O/c1-2-12-11-22-8-6-13(12)9-18(22)19(23)15-5-7-21-17-4-3-14(20)10-16(15)17/h2-5,7,10,12-13,18-19,23H,1,6,8-9,11H2/t12-,13-,18-,19+/m0/s1. The van der Waals surface area contributed by atoms with E-state index < -0.39 is 6.10 Å². The van der Waals surface area contributed by atoms with Crippen LogP contribution in [-0.4, -0.2) is 34.1 Å². The Bertz CT molecular complexity index is 747. The summed E-state index contributed by atoms with van der Waals surface area (Å²) in [6.07, 6.45) is 5.27. The smallest absolute Gasteiger partial charge is 0.123 e. The normalized spacial score (nSPS) is 31.2. The third-order valence-corrected chi connectivity index (χ3v) is 5.57. The fourth-order valence-electron chi connectivity index (χ4n) is 4.31. The van der Waals surface area contributed by atoms with Gasteiger partial charge in [-0.05, 0) is 61.1 Å². The van der Waals surface area contributed by atoms with Crippen molar-refractivity contribution in [2.24, 2.45) is 11.8 Å². The number of benzene rings is 1. The van der Waals surface area contributed by atoms with Crippen LogP contribution in [0, 0.1) is 17.7 Å². The molecule has 3 aliphatic rings. The predicted molar refractivity (Wildman–Crippen MR) is 88.4 cm³/mol. The summed E-state index contributed by atoms with van der Waals surface area (Å²) in [6, 6.07) is 6.47. The van der Waals surface area contributed by atoms with E-state index in [-0.39, 0.29) is 11.9 Å². The highest BCUT2D eigenvalue weighted by atomic mass is 19.1. The summed E-state index contributed by atoms with van der Waals surface area (Å²) in [6.45, 7) is 5.93. The van der Waals surface area contributed by atoms with Gasteiger partial charge in [0.1, 0.15) is 5.82 Å². The minimum atomic E-state index is -0.615. The van der Waals surface area contributed by atoms with Crippen LogP contribution in [0.15, 0.2) is 43.1 Å². The molecule has 1 aromatic carbocycles. The average molecular weight is 312 g/mol. The first-order valence-corrected chi connectivity index (χ1v) is 8.26. The zero-order valence-corrected chi connectivity index (χ0v) is 13.0. The van der Waals surface area contributed by atoms with Crippen LogP contribution >= 0.6 is 0 Å². The fourth-order valence-corrected chi connectivity index (χ4v) is 4.31. The highest BCUT2D eigenvalue weighted by Gasteiger charge is 2.42. The molecular weight excluding hydrogens is 291 g/mol. The largest absolute Gasteiger partial charge is 0.387 e. The van der Waals surface area contributed by atoms with Crippen molar-refractivity contribution < 1.29 is 9.50 Å². The van der Waals surface area contributed by atoms with E-state index in [0.29, 0.717) is 17.2 Å². The van der Waals surface area contributed by atoms with Crippen LogP contribution in [-0.2, 0) is 0 Å². The molecule has 2 aromatic rings. The highest BCUT2D eigenvalue weighted by Crippen LogP contribution is 2.41. The molecule has 0 radical (unpaired) electrons. The third kappa shape index (κ3) is 2.46. The van der Waals surface area contributed by atoms with E-state index in [1.54, 1.807) is 12.3 Å². The van der Waals surface area contributed by atoms with Gasteiger partial charge in [-0.15, -0.1) is 6.58 Å². The third-order valence-electron chi connectivity index (χ3n) is 5.57. The molecule has 4 heteroatoms. The number of hydrogen-bond acceptors (Lipinski definition) is 3. The van der Waals surface area contributed by atoms with Crippen molar-refractivity contribution in [1.29, 1.82) is 0 Å². The first kappa shape index (κ1) is 14.8. The van der Waals surface area contributed by atoms with Crippen LogP contribution in [0.1, 0.15) is 24.5 Å². The van der Waals surface area contributed by atoms with Gasteiger partial charge in [0, 0.05) is 24.2 Å². The molecule has 2 bridgehead atoms. The Kier molecular flexibility index (Phi) is 3.66. The lowest BCUT2D eigenvalue weighted by Crippen LogP contribution is -2.54. The summed E-state index contributed by atoms with van der Waals surface area (Å²) in [5.74, 6) is 0.831. The van der Waals surface area contributed by atoms with Crippen LogP contribution < -0.4 is 0 Å². The van der Waals surface area contributed by atoms with E-state index in [2.05, 4.69) is 22.5 Å². The van der Waals surface area contributed by atoms with Crippen molar-refractivity contribution in [3.63, 3.8) is 0 Å². The molecule has 0 spiro atoms. The van der Waals surface area contributed by atoms with Crippen LogP contribution in [0.3, 0.4) is 0 Å². The van der Waals surface area contributed by atoms with E-state index in [4.69, 9.17) is 0 Å². The SMILES string of the molecule is C=C[C@H]1CN2CC[C@H]1C[C@H]2[C@H](O)c1ccnc2ccc(F)cc12. The summed E-state index contributed by atoms with van der Waals surface area (Å²) >= 11 is 0. The molecule has 3 fully saturated rings. The van der Waals surface area contributed by atoms with E-state index >= 15 is 0 Å². The van der Waals surface area contributed by atoms with Gasteiger partial charge in [-0.25, -0.2) is 4.39 Å². The molecule has 1 unspecified atom stereocenters.